The van der Waals surface area contributed by atoms with E-state index in [1.54, 1.807) is 19.1 Å². The molecule has 7 heteroatoms. The molecule has 4 rings (SSSR count). The molecule has 2 atom stereocenters. The van der Waals surface area contributed by atoms with Gasteiger partial charge in [0.15, 0.2) is 11.5 Å². The Hall–Kier alpha value is -3.06. The van der Waals surface area contributed by atoms with Gasteiger partial charge in [-0.1, -0.05) is 30.3 Å². The molecule has 2 heterocycles. The zero-order chi connectivity index (χ0) is 22.7. The standard InChI is InChI=1S/C25H31N3O4/c1-31-21-13-18-10-12-28(16-23(29)27-11-6-9-19(15-27)25(26)30)24(17-7-4-3-5-8-17)20(18)14-22(21)32-2/h3-5,7-8,13-14,19,24H,6,9-12,15-16H2,1-2H3,(H2,26,30)/t19-,24+/m1/s1. The molecule has 0 bridgehead atoms. The average molecular weight is 438 g/mol. The maximum atomic E-state index is 13.2. The number of nitrogens with two attached hydrogens (primary N) is 1. The number of carbonyl (C=O) groups is 2. The molecular formula is C25H31N3O4. The summed E-state index contributed by atoms with van der Waals surface area (Å²) in [5, 5.41) is 0. The van der Waals surface area contributed by atoms with E-state index >= 15 is 0 Å². The van der Waals surface area contributed by atoms with Gasteiger partial charge in [0.2, 0.25) is 11.8 Å². The van der Waals surface area contributed by atoms with Gasteiger partial charge >= 0.3 is 0 Å². The number of fused-ring (bicyclic) bond motifs is 1. The number of hydrogen-bond donors (Lipinski definition) is 1. The Kier molecular flexibility index (Phi) is 6.65. The highest BCUT2D eigenvalue weighted by atomic mass is 16.5. The lowest BCUT2D eigenvalue weighted by Gasteiger charge is -2.39. The van der Waals surface area contributed by atoms with Crippen LogP contribution in [0, 0.1) is 5.92 Å². The minimum absolute atomic E-state index is 0.0424. The number of benzene rings is 2. The predicted molar refractivity (Wildman–Crippen MR) is 122 cm³/mol. The van der Waals surface area contributed by atoms with Crippen LogP contribution in [-0.2, 0) is 16.0 Å². The second-order valence-corrected chi connectivity index (χ2v) is 8.52. The van der Waals surface area contributed by atoms with Gasteiger partial charge in [0.25, 0.3) is 0 Å². The Morgan fingerprint density at radius 1 is 1.06 bits per heavy atom. The Bertz CT molecular complexity index is 979. The molecule has 0 radical (unpaired) electrons. The second-order valence-electron chi connectivity index (χ2n) is 8.52. The summed E-state index contributed by atoms with van der Waals surface area (Å²) in [6.45, 7) is 2.13. The predicted octanol–water partition coefficient (Wildman–Crippen LogP) is 2.38. The van der Waals surface area contributed by atoms with Crippen molar-refractivity contribution < 1.29 is 19.1 Å². The fraction of sp³-hybridized carbons (Fsp3) is 0.440. The lowest BCUT2D eigenvalue weighted by Crippen LogP contribution is -2.49. The number of likely N-dealkylation sites (tertiary alicyclic amines) is 1. The third kappa shape index (κ3) is 4.43. The quantitative estimate of drug-likeness (QED) is 0.750. The van der Waals surface area contributed by atoms with Gasteiger partial charge in [-0.2, -0.15) is 0 Å². The van der Waals surface area contributed by atoms with Crippen molar-refractivity contribution in [2.45, 2.75) is 25.3 Å². The monoisotopic (exact) mass is 437 g/mol. The van der Waals surface area contributed by atoms with Crippen molar-refractivity contribution in [2.75, 3.05) is 40.4 Å². The zero-order valence-corrected chi connectivity index (χ0v) is 18.8. The molecule has 7 nitrogen and oxygen atoms in total. The largest absolute Gasteiger partial charge is 0.493 e. The highest BCUT2D eigenvalue weighted by Gasteiger charge is 2.34. The van der Waals surface area contributed by atoms with E-state index in [1.807, 2.05) is 30.3 Å². The minimum atomic E-state index is -0.322. The van der Waals surface area contributed by atoms with Gasteiger partial charge in [-0.25, -0.2) is 0 Å². The van der Waals surface area contributed by atoms with Gasteiger partial charge in [-0.3, -0.25) is 14.5 Å². The number of nitrogens with zero attached hydrogens (tertiary/aromatic N) is 2. The number of carbonyl (C=O) groups excluding carboxylic acids is 2. The summed E-state index contributed by atoms with van der Waals surface area (Å²) in [5.74, 6) is 0.865. The molecule has 2 aliphatic heterocycles. The first-order valence-corrected chi connectivity index (χ1v) is 11.1. The molecule has 0 unspecified atom stereocenters. The molecule has 1 fully saturated rings. The highest BCUT2D eigenvalue weighted by molar-refractivity contribution is 5.81. The highest BCUT2D eigenvalue weighted by Crippen LogP contribution is 2.41. The molecule has 2 aromatic carbocycles. The number of ether oxygens (including phenoxy) is 2. The van der Waals surface area contributed by atoms with Crippen molar-refractivity contribution in [3.63, 3.8) is 0 Å². The molecule has 2 amide bonds. The van der Waals surface area contributed by atoms with Crippen LogP contribution in [0.3, 0.4) is 0 Å². The number of amides is 2. The van der Waals surface area contributed by atoms with Crippen molar-refractivity contribution in [1.29, 1.82) is 0 Å². The van der Waals surface area contributed by atoms with Crippen molar-refractivity contribution >= 4 is 11.8 Å². The van der Waals surface area contributed by atoms with E-state index in [2.05, 4.69) is 17.0 Å². The van der Waals surface area contributed by atoms with E-state index in [0.29, 0.717) is 31.1 Å². The molecule has 170 valence electrons. The van der Waals surface area contributed by atoms with Crippen LogP contribution in [0.25, 0.3) is 0 Å². The van der Waals surface area contributed by atoms with Crippen LogP contribution in [0.15, 0.2) is 42.5 Å². The van der Waals surface area contributed by atoms with E-state index in [1.165, 1.54) is 5.56 Å². The smallest absolute Gasteiger partial charge is 0.236 e. The Labute approximate surface area is 189 Å². The maximum Gasteiger partial charge on any atom is 0.236 e. The molecule has 2 aliphatic rings. The van der Waals surface area contributed by atoms with Crippen LogP contribution in [0.1, 0.15) is 35.6 Å². The van der Waals surface area contributed by atoms with Gasteiger partial charge in [0.05, 0.1) is 32.7 Å². The molecule has 32 heavy (non-hydrogen) atoms. The normalized spacial score (nSPS) is 21.0. The van der Waals surface area contributed by atoms with Crippen LogP contribution in [0.4, 0.5) is 0 Å². The fourth-order valence-corrected chi connectivity index (χ4v) is 4.90. The lowest BCUT2D eigenvalue weighted by molar-refractivity contribution is -0.136. The lowest BCUT2D eigenvalue weighted by atomic mass is 9.87. The zero-order valence-electron chi connectivity index (χ0n) is 18.8. The van der Waals surface area contributed by atoms with E-state index in [4.69, 9.17) is 15.2 Å². The fourth-order valence-electron chi connectivity index (χ4n) is 4.90. The van der Waals surface area contributed by atoms with E-state index < -0.39 is 0 Å². The van der Waals surface area contributed by atoms with Gasteiger partial charge in [-0.05, 0) is 48.1 Å². The molecule has 0 aromatic heterocycles. The SMILES string of the molecule is COc1cc2c(cc1OC)[C@H](c1ccccc1)N(CC(=O)N1CCC[C@@H](C(N)=O)C1)CC2. The Balaban J connectivity index is 1.64. The number of methoxy groups -OCH3 is 2. The number of piperidine rings is 1. The van der Waals surface area contributed by atoms with Gasteiger partial charge in [0.1, 0.15) is 0 Å². The van der Waals surface area contributed by atoms with Gasteiger partial charge < -0.3 is 20.1 Å². The average Bonchev–Trinajstić information content (AvgIpc) is 2.83. The molecule has 1 saturated heterocycles. The van der Waals surface area contributed by atoms with Crippen LogP contribution < -0.4 is 15.2 Å². The molecular weight excluding hydrogens is 406 g/mol. The summed E-state index contributed by atoms with van der Waals surface area (Å²) < 4.78 is 11.1. The van der Waals surface area contributed by atoms with E-state index in [9.17, 15) is 9.59 Å². The van der Waals surface area contributed by atoms with Crippen molar-refractivity contribution in [3.05, 3.63) is 59.2 Å². The third-order valence-electron chi connectivity index (χ3n) is 6.60. The van der Waals surface area contributed by atoms with Crippen molar-refractivity contribution in [2.24, 2.45) is 11.7 Å². The van der Waals surface area contributed by atoms with Crippen LogP contribution in [0.2, 0.25) is 0 Å². The van der Waals surface area contributed by atoms with Crippen LogP contribution in [0.5, 0.6) is 11.5 Å². The first kappa shape index (κ1) is 22.1. The van der Waals surface area contributed by atoms with E-state index in [-0.39, 0.29) is 23.8 Å². The van der Waals surface area contributed by atoms with Gasteiger partial charge in [-0.15, -0.1) is 0 Å². The summed E-state index contributed by atoms with van der Waals surface area (Å²) in [7, 11) is 3.28. The maximum absolute atomic E-state index is 13.2. The third-order valence-corrected chi connectivity index (χ3v) is 6.60. The van der Waals surface area contributed by atoms with Crippen molar-refractivity contribution in [3.8, 4) is 11.5 Å². The topological polar surface area (TPSA) is 85.1 Å². The number of hydrogen-bond acceptors (Lipinski definition) is 5. The Morgan fingerprint density at radius 2 is 1.78 bits per heavy atom. The summed E-state index contributed by atoms with van der Waals surface area (Å²) in [5.41, 5.74) is 8.96. The first-order valence-electron chi connectivity index (χ1n) is 11.1. The molecule has 0 aliphatic carbocycles. The summed E-state index contributed by atoms with van der Waals surface area (Å²) in [6.07, 6.45) is 2.38. The molecule has 2 N–H and O–H groups in total. The second kappa shape index (κ2) is 9.61. The van der Waals surface area contributed by atoms with Crippen LogP contribution >= 0.6 is 0 Å². The van der Waals surface area contributed by atoms with Crippen molar-refractivity contribution in [1.82, 2.24) is 9.80 Å². The molecule has 0 spiro atoms. The summed E-state index contributed by atoms with van der Waals surface area (Å²) in [6, 6.07) is 14.2. The number of primary amides is 1. The van der Waals surface area contributed by atoms with Crippen LogP contribution in [-0.4, -0.2) is 62.0 Å². The van der Waals surface area contributed by atoms with Gasteiger partial charge in [0, 0.05) is 19.6 Å². The summed E-state index contributed by atoms with van der Waals surface area (Å²) in [4.78, 5) is 28.9. The van der Waals surface area contributed by atoms with E-state index in [0.717, 1.165) is 36.9 Å². The number of rotatable bonds is 6. The Morgan fingerprint density at radius 3 is 2.47 bits per heavy atom. The molecule has 2 aromatic rings. The summed E-state index contributed by atoms with van der Waals surface area (Å²) >= 11 is 0. The molecule has 0 saturated carbocycles. The minimum Gasteiger partial charge on any atom is -0.493 e. The first-order chi connectivity index (χ1) is 15.5.